The zero-order valence-electron chi connectivity index (χ0n) is 13.9. The van der Waals surface area contributed by atoms with Crippen LogP contribution in [0, 0.1) is 0 Å². The van der Waals surface area contributed by atoms with E-state index in [1.54, 1.807) is 26.6 Å². The SMILES string of the molecule is COc1ccc(C=Nc2n[nH]c(N=Cc3ccc(OC)cc3)n2)cc1. The van der Waals surface area contributed by atoms with E-state index < -0.39 is 0 Å². The molecule has 0 atom stereocenters. The Morgan fingerprint density at radius 3 is 1.84 bits per heavy atom. The first-order valence-electron chi connectivity index (χ1n) is 7.55. The maximum Gasteiger partial charge on any atom is 0.269 e. The topological polar surface area (TPSA) is 84.8 Å². The summed E-state index contributed by atoms with van der Waals surface area (Å²) in [5.41, 5.74) is 1.86. The molecule has 0 aliphatic heterocycles. The molecule has 3 aromatic rings. The molecule has 0 amide bonds. The molecule has 7 nitrogen and oxygen atoms in total. The molecule has 3 rings (SSSR count). The van der Waals surface area contributed by atoms with Gasteiger partial charge < -0.3 is 9.47 Å². The van der Waals surface area contributed by atoms with Crippen molar-refractivity contribution in [2.45, 2.75) is 0 Å². The summed E-state index contributed by atoms with van der Waals surface area (Å²) >= 11 is 0. The second-order valence-corrected chi connectivity index (χ2v) is 5.02. The van der Waals surface area contributed by atoms with E-state index in [0.717, 1.165) is 22.6 Å². The maximum absolute atomic E-state index is 5.12. The molecule has 0 radical (unpaired) electrons. The van der Waals surface area contributed by atoms with E-state index in [9.17, 15) is 0 Å². The number of benzene rings is 2. The highest BCUT2D eigenvalue weighted by Crippen LogP contribution is 2.14. The molecule has 1 aromatic heterocycles. The lowest BCUT2D eigenvalue weighted by Crippen LogP contribution is -1.84. The van der Waals surface area contributed by atoms with E-state index in [1.807, 2.05) is 48.5 Å². The maximum atomic E-state index is 5.12. The third-order valence-corrected chi connectivity index (χ3v) is 3.36. The number of ether oxygens (including phenoxy) is 2. The summed E-state index contributed by atoms with van der Waals surface area (Å²) in [4.78, 5) is 12.7. The fourth-order valence-corrected chi connectivity index (χ4v) is 2.01. The van der Waals surface area contributed by atoms with Crippen LogP contribution in [0.1, 0.15) is 11.1 Å². The van der Waals surface area contributed by atoms with Gasteiger partial charge in [-0.3, -0.25) is 0 Å². The van der Waals surface area contributed by atoms with Gasteiger partial charge in [-0.15, -0.1) is 5.10 Å². The standard InChI is InChI=1S/C18H17N5O2/c1-24-15-7-3-13(4-8-15)11-19-17-21-18(23-22-17)20-12-14-5-9-16(25-2)10-6-14/h3-12H,1-2H3,(H,21,22,23). The van der Waals surface area contributed by atoms with Crippen molar-refractivity contribution in [1.82, 2.24) is 15.2 Å². The molecule has 7 heteroatoms. The van der Waals surface area contributed by atoms with Crippen molar-refractivity contribution in [2.75, 3.05) is 14.2 Å². The van der Waals surface area contributed by atoms with Crippen molar-refractivity contribution in [2.24, 2.45) is 9.98 Å². The van der Waals surface area contributed by atoms with Gasteiger partial charge in [0.15, 0.2) is 0 Å². The molecule has 0 fully saturated rings. The second kappa shape index (κ2) is 7.87. The van der Waals surface area contributed by atoms with Crippen LogP contribution in [-0.2, 0) is 0 Å². The molecule has 1 heterocycles. The summed E-state index contributed by atoms with van der Waals surface area (Å²) in [5.74, 6) is 2.30. The molecule has 0 saturated carbocycles. The average molecular weight is 335 g/mol. The van der Waals surface area contributed by atoms with Crippen LogP contribution in [-0.4, -0.2) is 41.8 Å². The largest absolute Gasteiger partial charge is 0.497 e. The highest BCUT2D eigenvalue weighted by atomic mass is 16.5. The lowest BCUT2D eigenvalue weighted by atomic mass is 10.2. The van der Waals surface area contributed by atoms with Crippen molar-refractivity contribution in [3.05, 3.63) is 59.7 Å². The molecule has 0 saturated heterocycles. The van der Waals surface area contributed by atoms with Crippen molar-refractivity contribution >= 4 is 24.3 Å². The zero-order valence-corrected chi connectivity index (χ0v) is 13.9. The van der Waals surface area contributed by atoms with Gasteiger partial charge in [0, 0.05) is 12.4 Å². The minimum atomic E-state index is 0.317. The summed E-state index contributed by atoms with van der Waals surface area (Å²) < 4.78 is 10.2. The minimum Gasteiger partial charge on any atom is -0.497 e. The predicted molar refractivity (Wildman–Crippen MR) is 96.9 cm³/mol. The van der Waals surface area contributed by atoms with Crippen LogP contribution in [0.5, 0.6) is 11.5 Å². The van der Waals surface area contributed by atoms with Crippen molar-refractivity contribution in [3.8, 4) is 11.5 Å². The Morgan fingerprint density at radius 2 is 1.32 bits per heavy atom. The average Bonchev–Trinajstić information content (AvgIpc) is 3.13. The number of aliphatic imine (C=N–C) groups is 2. The second-order valence-electron chi connectivity index (χ2n) is 5.02. The van der Waals surface area contributed by atoms with E-state index in [0.29, 0.717) is 11.9 Å². The number of nitrogens with zero attached hydrogens (tertiary/aromatic N) is 4. The Hall–Kier alpha value is -3.48. The number of H-pyrrole nitrogens is 1. The molecule has 0 unspecified atom stereocenters. The number of methoxy groups -OCH3 is 2. The molecule has 0 aliphatic carbocycles. The molecule has 0 aliphatic rings. The third-order valence-electron chi connectivity index (χ3n) is 3.36. The molecule has 2 aromatic carbocycles. The van der Waals surface area contributed by atoms with E-state index >= 15 is 0 Å². The molecule has 1 N–H and O–H groups in total. The van der Waals surface area contributed by atoms with Gasteiger partial charge in [-0.25, -0.2) is 15.1 Å². The molecule has 0 bridgehead atoms. The van der Waals surface area contributed by atoms with Gasteiger partial charge in [-0.2, -0.15) is 4.98 Å². The smallest absolute Gasteiger partial charge is 0.269 e. The normalized spacial score (nSPS) is 11.3. The van der Waals surface area contributed by atoms with Gasteiger partial charge >= 0.3 is 0 Å². The first-order valence-corrected chi connectivity index (χ1v) is 7.55. The first-order chi connectivity index (χ1) is 12.3. The van der Waals surface area contributed by atoms with Gasteiger partial charge in [-0.1, -0.05) is 0 Å². The summed E-state index contributed by atoms with van der Waals surface area (Å²) in [7, 11) is 3.26. The summed E-state index contributed by atoms with van der Waals surface area (Å²) in [6.07, 6.45) is 3.37. The van der Waals surface area contributed by atoms with Gasteiger partial charge in [0.25, 0.3) is 5.95 Å². The summed E-state index contributed by atoms with van der Waals surface area (Å²) in [6.45, 7) is 0. The number of hydrogen-bond donors (Lipinski definition) is 1. The van der Waals surface area contributed by atoms with Crippen molar-refractivity contribution in [1.29, 1.82) is 0 Å². The number of rotatable bonds is 6. The zero-order chi connectivity index (χ0) is 17.5. The Morgan fingerprint density at radius 1 is 0.800 bits per heavy atom. The Bertz CT molecular complexity index is 795. The highest BCUT2D eigenvalue weighted by molar-refractivity contribution is 5.82. The third kappa shape index (κ3) is 4.51. The van der Waals surface area contributed by atoms with Crippen LogP contribution in [0.3, 0.4) is 0 Å². The number of aromatic amines is 1. The predicted octanol–water partition coefficient (Wildman–Crippen LogP) is 3.32. The molecule has 126 valence electrons. The van der Waals surface area contributed by atoms with Crippen LogP contribution in [0.4, 0.5) is 11.9 Å². The Kier molecular flexibility index (Phi) is 5.16. The van der Waals surface area contributed by atoms with E-state index in [4.69, 9.17) is 9.47 Å². The molecule has 0 spiro atoms. The van der Waals surface area contributed by atoms with Gasteiger partial charge in [0.2, 0.25) is 5.95 Å². The quantitative estimate of drug-likeness (QED) is 0.700. The fraction of sp³-hybridized carbons (Fsp3) is 0.111. The van der Waals surface area contributed by atoms with Crippen LogP contribution >= 0.6 is 0 Å². The monoisotopic (exact) mass is 335 g/mol. The van der Waals surface area contributed by atoms with Gasteiger partial charge in [-0.05, 0) is 59.7 Å². The number of nitrogens with one attached hydrogen (secondary N) is 1. The highest BCUT2D eigenvalue weighted by Gasteiger charge is 1.99. The summed E-state index contributed by atoms with van der Waals surface area (Å²) in [5, 5.41) is 6.75. The Labute approximate surface area is 145 Å². The molecular formula is C18H17N5O2. The number of hydrogen-bond acceptors (Lipinski definition) is 6. The van der Waals surface area contributed by atoms with E-state index in [1.165, 1.54) is 0 Å². The van der Waals surface area contributed by atoms with Crippen LogP contribution < -0.4 is 9.47 Å². The summed E-state index contributed by atoms with van der Waals surface area (Å²) in [6, 6.07) is 15.1. The van der Waals surface area contributed by atoms with Crippen LogP contribution in [0.15, 0.2) is 58.5 Å². The first kappa shape index (κ1) is 16.4. The van der Waals surface area contributed by atoms with Crippen molar-refractivity contribution < 1.29 is 9.47 Å². The fourth-order valence-electron chi connectivity index (χ4n) is 2.01. The van der Waals surface area contributed by atoms with Crippen molar-refractivity contribution in [3.63, 3.8) is 0 Å². The lowest BCUT2D eigenvalue weighted by Gasteiger charge is -1.98. The Balaban J connectivity index is 1.64. The van der Waals surface area contributed by atoms with E-state index in [2.05, 4.69) is 25.2 Å². The van der Waals surface area contributed by atoms with Crippen LogP contribution in [0.25, 0.3) is 0 Å². The molecule has 25 heavy (non-hydrogen) atoms. The van der Waals surface area contributed by atoms with Gasteiger partial charge in [0.1, 0.15) is 11.5 Å². The molecular weight excluding hydrogens is 318 g/mol. The van der Waals surface area contributed by atoms with Gasteiger partial charge in [0.05, 0.1) is 14.2 Å². The number of aromatic nitrogens is 3. The van der Waals surface area contributed by atoms with Crippen LogP contribution in [0.2, 0.25) is 0 Å². The van der Waals surface area contributed by atoms with E-state index in [-0.39, 0.29) is 0 Å². The minimum absolute atomic E-state index is 0.317. The lowest BCUT2D eigenvalue weighted by molar-refractivity contribution is 0.414.